The molecule has 0 bridgehead atoms. The molecule has 1 fully saturated rings. The molecule has 0 N–H and O–H groups in total. The summed E-state index contributed by atoms with van der Waals surface area (Å²) in [5.41, 5.74) is 1.69. The number of carbonyl (C=O) groups is 1. The van der Waals surface area contributed by atoms with Gasteiger partial charge in [0.25, 0.3) is 0 Å². The summed E-state index contributed by atoms with van der Waals surface area (Å²) >= 11 is 0. The lowest BCUT2D eigenvalue weighted by Gasteiger charge is -2.31. The van der Waals surface area contributed by atoms with Crippen molar-refractivity contribution in [2.45, 2.75) is 26.2 Å². The first kappa shape index (κ1) is 24.0. The number of nitrogens with zero attached hydrogens (tertiary/aromatic N) is 1. The van der Waals surface area contributed by atoms with Gasteiger partial charge in [0.15, 0.2) is 11.2 Å². The lowest BCUT2D eigenvalue weighted by atomic mass is 9.89. The molecule has 0 atom stereocenters. The van der Waals surface area contributed by atoms with Crippen LogP contribution in [0.2, 0.25) is 0 Å². The molecule has 32 heavy (non-hydrogen) atoms. The second-order valence-corrected chi connectivity index (χ2v) is 8.09. The largest absolute Gasteiger partial charge is 0.493 e. The number of benzene rings is 2. The molecule has 2 heterocycles. The van der Waals surface area contributed by atoms with Crippen molar-refractivity contribution in [1.82, 2.24) is 4.90 Å². The number of piperidine rings is 1. The van der Waals surface area contributed by atoms with E-state index in [1.165, 1.54) is 18.4 Å². The second kappa shape index (κ2) is 10.7. The Morgan fingerprint density at radius 1 is 1.16 bits per heavy atom. The van der Waals surface area contributed by atoms with E-state index in [1.807, 2.05) is 0 Å². The Morgan fingerprint density at radius 3 is 2.59 bits per heavy atom. The number of halogens is 2. The van der Waals surface area contributed by atoms with Crippen molar-refractivity contribution in [3.05, 3.63) is 75.9 Å². The Bertz CT molecular complexity index is 1120. The van der Waals surface area contributed by atoms with E-state index in [4.69, 9.17) is 9.15 Å². The number of ketones is 1. The summed E-state index contributed by atoms with van der Waals surface area (Å²) in [5, 5.41) is 0.561. The Hall–Kier alpha value is -2.70. The van der Waals surface area contributed by atoms with Gasteiger partial charge in [-0.15, -0.1) is 12.4 Å². The van der Waals surface area contributed by atoms with Crippen molar-refractivity contribution in [1.29, 1.82) is 0 Å². The van der Waals surface area contributed by atoms with E-state index in [1.54, 1.807) is 37.3 Å². The van der Waals surface area contributed by atoms with Crippen LogP contribution in [0.3, 0.4) is 0 Å². The van der Waals surface area contributed by atoms with Crippen molar-refractivity contribution >= 4 is 29.2 Å². The van der Waals surface area contributed by atoms with E-state index in [9.17, 15) is 14.0 Å². The third-order valence-electron chi connectivity index (χ3n) is 5.89. The van der Waals surface area contributed by atoms with Crippen LogP contribution in [-0.2, 0) is 0 Å². The number of Topliss-reactive ketones (excluding diaryl/α,β-unsaturated/α-hetero) is 1. The molecule has 0 radical (unpaired) electrons. The molecule has 170 valence electrons. The molecule has 1 aliphatic rings. The molecule has 1 aliphatic heterocycles. The Labute approximate surface area is 192 Å². The van der Waals surface area contributed by atoms with Gasteiger partial charge >= 0.3 is 0 Å². The summed E-state index contributed by atoms with van der Waals surface area (Å²) in [6.45, 7) is 4.95. The predicted octanol–water partition coefficient (Wildman–Crippen LogP) is 5.03. The zero-order chi connectivity index (χ0) is 21.8. The zero-order valence-corrected chi connectivity index (χ0v) is 18.8. The van der Waals surface area contributed by atoms with Gasteiger partial charge in [-0.25, -0.2) is 4.39 Å². The zero-order valence-electron chi connectivity index (χ0n) is 18.0. The minimum absolute atomic E-state index is 0. The minimum atomic E-state index is -0.322. The molecule has 0 spiro atoms. The summed E-state index contributed by atoms with van der Waals surface area (Å²) in [6.07, 6.45) is 3.98. The monoisotopic (exact) mass is 459 g/mol. The van der Waals surface area contributed by atoms with Gasteiger partial charge in [-0.1, -0.05) is 0 Å². The molecule has 7 heteroatoms. The fourth-order valence-corrected chi connectivity index (χ4v) is 4.04. The molecular weight excluding hydrogens is 433 g/mol. The SMILES string of the molecule is Cc1coc2cc(OCCCN3CCC(C(=O)c4ccc(F)cc4)CC3)ccc2c1=O.Cl. The quantitative estimate of drug-likeness (QED) is 0.366. The van der Waals surface area contributed by atoms with Gasteiger partial charge in [0.05, 0.1) is 18.3 Å². The van der Waals surface area contributed by atoms with Crippen molar-refractivity contribution in [3.63, 3.8) is 0 Å². The van der Waals surface area contributed by atoms with E-state index in [0.717, 1.165) is 38.9 Å². The van der Waals surface area contributed by atoms with Gasteiger partial charge in [0.1, 0.15) is 17.1 Å². The molecule has 2 aromatic carbocycles. The van der Waals surface area contributed by atoms with E-state index in [-0.39, 0.29) is 35.4 Å². The van der Waals surface area contributed by atoms with Crippen LogP contribution in [0, 0.1) is 18.7 Å². The molecule has 0 saturated carbocycles. The number of hydrogen-bond donors (Lipinski definition) is 0. The third-order valence-corrected chi connectivity index (χ3v) is 5.89. The van der Waals surface area contributed by atoms with Crippen LogP contribution in [0.25, 0.3) is 11.0 Å². The van der Waals surface area contributed by atoms with Gasteiger partial charge < -0.3 is 14.1 Å². The number of carbonyl (C=O) groups excluding carboxylic acids is 1. The number of aryl methyl sites for hydroxylation is 1. The van der Waals surface area contributed by atoms with Crippen LogP contribution < -0.4 is 10.2 Å². The fraction of sp³-hybridized carbons (Fsp3) is 0.360. The summed E-state index contributed by atoms with van der Waals surface area (Å²) in [5.74, 6) is 0.481. The average Bonchev–Trinajstić information content (AvgIpc) is 2.80. The minimum Gasteiger partial charge on any atom is -0.493 e. The summed E-state index contributed by atoms with van der Waals surface area (Å²) in [6, 6.07) is 11.1. The molecular formula is C25H27ClFNO4. The Balaban J connectivity index is 0.00000289. The number of ether oxygens (including phenoxy) is 1. The van der Waals surface area contributed by atoms with Gasteiger partial charge in [0.2, 0.25) is 0 Å². The first-order chi connectivity index (χ1) is 15.0. The fourth-order valence-electron chi connectivity index (χ4n) is 4.04. The standard InChI is InChI=1S/C25H26FNO4.ClH/c1-17-16-31-23-15-21(7-8-22(23)24(17)28)30-14-2-11-27-12-9-19(10-13-27)25(29)18-3-5-20(26)6-4-18;/h3-8,15-16,19H,2,9-14H2,1H3;1H. The van der Waals surface area contributed by atoms with Gasteiger partial charge in [0, 0.05) is 29.7 Å². The average molecular weight is 460 g/mol. The first-order valence-corrected chi connectivity index (χ1v) is 10.7. The highest BCUT2D eigenvalue weighted by Crippen LogP contribution is 2.23. The smallest absolute Gasteiger partial charge is 0.195 e. The normalized spacial score (nSPS) is 14.8. The summed E-state index contributed by atoms with van der Waals surface area (Å²) in [7, 11) is 0. The van der Waals surface area contributed by atoms with Crippen LogP contribution in [0.15, 0.2) is 57.9 Å². The molecule has 3 aromatic rings. The van der Waals surface area contributed by atoms with E-state index < -0.39 is 0 Å². The highest BCUT2D eigenvalue weighted by Gasteiger charge is 2.25. The van der Waals surface area contributed by atoms with Crippen LogP contribution in [-0.4, -0.2) is 36.9 Å². The third kappa shape index (κ3) is 5.56. The number of likely N-dealkylation sites (tertiary alicyclic amines) is 1. The van der Waals surface area contributed by atoms with Crippen LogP contribution >= 0.6 is 12.4 Å². The van der Waals surface area contributed by atoms with E-state index in [2.05, 4.69) is 4.90 Å². The lowest BCUT2D eigenvalue weighted by Crippen LogP contribution is -2.37. The maximum atomic E-state index is 13.1. The van der Waals surface area contributed by atoms with Crippen LogP contribution in [0.1, 0.15) is 35.2 Å². The van der Waals surface area contributed by atoms with E-state index in [0.29, 0.717) is 34.5 Å². The first-order valence-electron chi connectivity index (χ1n) is 10.7. The Kier molecular flexibility index (Phi) is 8.04. The predicted molar refractivity (Wildman–Crippen MR) is 124 cm³/mol. The van der Waals surface area contributed by atoms with Crippen molar-refractivity contribution in [3.8, 4) is 5.75 Å². The van der Waals surface area contributed by atoms with Gasteiger partial charge in [-0.2, -0.15) is 0 Å². The highest BCUT2D eigenvalue weighted by atomic mass is 35.5. The summed E-state index contributed by atoms with van der Waals surface area (Å²) < 4.78 is 24.4. The molecule has 1 aromatic heterocycles. The number of hydrogen-bond acceptors (Lipinski definition) is 5. The van der Waals surface area contributed by atoms with Crippen molar-refractivity contribution in [2.75, 3.05) is 26.2 Å². The molecule has 4 rings (SSSR count). The van der Waals surface area contributed by atoms with Gasteiger partial charge in [-0.05, 0) is 75.7 Å². The van der Waals surface area contributed by atoms with Crippen molar-refractivity contribution in [2.24, 2.45) is 5.92 Å². The van der Waals surface area contributed by atoms with Crippen molar-refractivity contribution < 1.29 is 18.3 Å². The maximum Gasteiger partial charge on any atom is 0.195 e. The Morgan fingerprint density at radius 2 is 1.88 bits per heavy atom. The molecule has 0 unspecified atom stereocenters. The van der Waals surface area contributed by atoms with E-state index >= 15 is 0 Å². The molecule has 1 saturated heterocycles. The van der Waals surface area contributed by atoms with Gasteiger partial charge in [-0.3, -0.25) is 9.59 Å². The molecule has 0 amide bonds. The second-order valence-electron chi connectivity index (χ2n) is 8.09. The lowest BCUT2D eigenvalue weighted by molar-refractivity contribution is 0.0835. The topological polar surface area (TPSA) is 59.8 Å². The molecule has 5 nitrogen and oxygen atoms in total. The maximum absolute atomic E-state index is 13.1. The summed E-state index contributed by atoms with van der Waals surface area (Å²) in [4.78, 5) is 27.0. The number of fused-ring (bicyclic) bond motifs is 1. The number of rotatable bonds is 7. The van der Waals surface area contributed by atoms with Crippen LogP contribution in [0.4, 0.5) is 4.39 Å². The molecule has 0 aliphatic carbocycles. The highest BCUT2D eigenvalue weighted by molar-refractivity contribution is 5.97. The van der Waals surface area contributed by atoms with Crippen LogP contribution in [0.5, 0.6) is 5.75 Å².